The molecule has 2 aromatic rings. The first-order valence-corrected chi connectivity index (χ1v) is 6.66. The highest BCUT2D eigenvalue weighted by Crippen LogP contribution is 2.40. The summed E-state index contributed by atoms with van der Waals surface area (Å²) in [5.41, 5.74) is 0.593. The van der Waals surface area contributed by atoms with Crippen LogP contribution in [0, 0.1) is 11.3 Å². The van der Waals surface area contributed by atoms with E-state index in [4.69, 9.17) is 0 Å². The lowest BCUT2D eigenvalue weighted by atomic mass is 9.69. The summed E-state index contributed by atoms with van der Waals surface area (Å²) in [7, 11) is 0. The lowest BCUT2D eigenvalue weighted by Crippen LogP contribution is -2.30. The lowest BCUT2D eigenvalue weighted by molar-refractivity contribution is -0.120. The molecule has 0 heterocycles. The van der Waals surface area contributed by atoms with Gasteiger partial charge in [-0.25, -0.2) is 0 Å². The molecule has 0 unspecified atom stereocenters. The fourth-order valence-corrected chi connectivity index (χ4v) is 3.04. The summed E-state index contributed by atoms with van der Waals surface area (Å²) in [4.78, 5) is 11.5. The van der Waals surface area contributed by atoms with Crippen molar-refractivity contribution in [2.24, 2.45) is 0 Å². The van der Waals surface area contributed by atoms with Crippen LogP contribution < -0.4 is 0 Å². The van der Waals surface area contributed by atoms with Gasteiger partial charge in [0.1, 0.15) is 5.78 Å². The maximum atomic E-state index is 11.5. The van der Waals surface area contributed by atoms with Crippen molar-refractivity contribution >= 4 is 16.6 Å². The second kappa shape index (κ2) is 4.51. The third-order valence-electron chi connectivity index (χ3n) is 4.18. The van der Waals surface area contributed by atoms with E-state index in [2.05, 4.69) is 24.3 Å². The van der Waals surface area contributed by atoms with Crippen LogP contribution in [0.2, 0.25) is 0 Å². The Labute approximate surface area is 112 Å². The molecule has 1 aliphatic carbocycles. The minimum absolute atomic E-state index is 0.283. The van der Waals surface area contributed by atoms with Crippen LogP contribution in [0.3, 0.4) is 0 Å². The molecule has 1 saturated carbocycles. The number of ketones is 1. The van der Waals surface area contributed by atoms with Crippen LogP contribution in [0.5, 0.6) is 0 Å². The van der Waals surface area contributed by atoms with Crippen molar-refractivity contribution in [3.63, 3.8) is 0 Å². The first-order chi connectivity index (χ1) is 9.25. The van der Waals surface area contributed by atoms with Crippen molar-refractivity contribution in [3.8, 4) is 6.07 Å². The van der Waals surface area contributed by atoms with Gasteiger partial charge in [-0.1, -0.05) is 42.5 Å². The molecule has 1 fully saturated rings. The Morgan fingerprint density at radius 1 is 1.00 bits per heavy atom. The van der Waals surface area contributed by atoms with Crippen molar-refractivity contribution in [2.75, 3.05) is 0 Å². The zero-order chi connectivity index (χ0) is 13.3. The largest absolute Gasteiger partial charge is 0.300 e. The molecule has 0 atom stereocenters. The molecule has 0 amide bonds. The normalized spacial score (nSPS) is 18.2. The average Bonchev–Trinajstić information content (AvgIpc) is 2.48. The quantitative estimate of drug-likeness (QED) is 0.772. The van der Waals surface area contributed by atoms with Crippen LogP contribution in [0.15, 0.2) is 42.5 Å². The highest BCUT2D eigenvalue weighted by molar-refractivity contribution is 5.88. The Bertz CT molecular complexity index is 666. The number of fused-ring (bicyclic) bond motifs is 1. The maximum absolute atomic E-state index is 11.5. The Morgan fingerprint density at radius 3 is 2.42 bits per heavy atom. The molecular weight excluding hydrogens is 234 g/mol. The molecule has 0 bridgehead atoms. The molecular formula is C17H15NO. The van der Waals surface area contributed by atoms with E-state index in [1.165, 1.54) is 0 Å². The summed E-state index contributed by atoms with van der Waals surface area (Å²) < 4.78 is 0. The number of Topliss-reactive ketones (excluding diaryl/α,β-unsaturated/α-hetero) is 1. The van der Waals surface area contributed by atoms with Crippen LogP contribution in [0.4, 0.5) is 0 Å². The Balaban J connectivity index is 2.17. The summed E-state index contributed by atoms with van der Waals surface area (Å²) in [6, 6.07) is 16.8. The summed E-state index contributed by atoms with van der Waals surface area (Å²) in [5, 5.41) is 12.0. The molecule has 0 aliphatic heterocycles. The minimum atomic E-state index is -0.491. The van der Waals surface area contributed by atoms with Gasteiger partial charge in [0.2, 0.25) is 0 Å². The monoisotopic (exact) mass is 249 g/mol. The van der Waals surface area contributed by atoms with Gasteiger partial charge in [-0.3, -0.25) is 4.79 Å². The van der Waals surface area contributed by atoms with Crippen molar-refractivity contribution in [1.82, 2.24) is 0 Å². The number of nitriles is 1. The van der Waals surface area contributed by atoms with E-state index >= 15 is 0 Å². The molecule has 94 valence electrons. The van der Waals surface area contributed by atoms with Gasteiger partial charge in [0.05, 0.1) is 11.5 Å². The van der Waals surface area contributed by atoms with E-state index in [-0.39, 0.29) is 5.78 Å². The minimum Gasteiger partial charge on any atom is -0.300 e. The molecule has 0 radical (unpaired) electrons. The van der Waals surface area contributed by atoms with Crippen LogP contribution in [-0.2, 0) is 10.2 Å². The number of carbonyl (C=O) groups is 1. The zero-order valence-electron chi connectivity index (χ0n) is 10.7. The highest BCUT2D eigenvalue weighted by atomic mass is 16.1. The highest BCUT2D eigenvalue weighted by Gasteiger charge is 2.37. The second-order valence-electron chi connectivity index (χ2n) is 5.26. The van der Waals surface area contributed by atoms with E-state index in [1.54, 1.807) is 0 Å². The number of nitrogens with zero attached hydrogens (tertiary/aromatic N) is 1. The van der Waals surface area contributed by atoms with Crippen LogP contribution in [-0.4, -0.2) is 5.78 Å². The van der Waals surface area contributed by atoms with Gasteiger partial charge in [-0.05, 0) is 29.2 Å². The molecule has 0 aromatic heterocycles. The van der Waals surface area contributed by atoms with Crippen molar-refractivity contribution in [1.29, 1.82) is 5.26 Å². The Morgan fingerprint density at radius 2 is 1.68 bits per heavy atom. The maximum Gasteiger partial charge on any atom is 0.133 e. The molecule has 2 aromatic carbocycles. The van der Waals surface area contributed by atoms with E-state index in [0.717, 1.165) is 16.3 Å². The van der Waals surface area contributed by atoms with E-state index in [1.807, 2.05) is 24.3 Å². The molecule has 0 N–H and O–H groups in total. The summed E-state index contributed by atoms with van der Waals surface area (Å²) in [6.45, 7) is 0. The van der Waals surface area contributed by atoms with Gasteiger partial charge < -0.3 is 0 Å². The average molecular weight is 249 g/mol. The third-order valence-corrected chi connectivity index (χ3v) is 4.18. The summed E-state index contributed by atoms with van der Waals surface area (Å²) in [5.74, 6) is 0.283. The number of rotatable bonds is 1. The molecule has 2 nitrogen and oxygen atoms in total. The van der Waals surface area contributed by atoms with Gasteiger partial charge >= 0.3 is 0 Å². The van der Waals surface area contributed by atoms with E-state index < -0.39 is 5.41 Å². The Kier molecular flexibility index (Phi) is 2.83. The summed E-state index contributed by atoms with van der Waals surface area (Å²) in [6.07, 6.45) is 2.35. The number of hydrogen-bond donors (Lipinski definition) is 0. The number of carbonyl (C=O) groups excluding carboxylic acids is 1. The van der Waals surface area contributed by atoms with Gasteiger partial charge in [-0.2, -0.15) is 5.26 Å². The van der Waals surface area contributed by atoms with Crippen molar-refractivity contribution < 1.29 is 4.79 Å². The van der Waals surface area contributed by atoms with Crippen LogP contribution >= 0.6 is 0 Å². The molecule has 2 heteroatoms. The van der Waals surface area contributed by atoms with Gasteiger partial charge in [0.15, 0.2) is 0 Å². The molecule has 1 aliphatic rings. The van der Waals surface area contributed by atoms with Gasteiger partial charge in [0, 0.05) is 12.8 Å². The molecule has 0 spiro atoms. The Hall–Kier alpha value is -2.14. The van der Waals surface area contributed by atoms with Crippen LogP contribution in [0.25, 0.3) is 10.8 Å². The number of benzene rings is 2. The smallest absolute Gasteiger partial charge is 0.133 e. The standard InChI is InChI=1S/C17H15NO/c18-12-17(10-8-14(19)9-11-17)16-7-3-5-13-4-1-2-6-15(13)16/h1-7H,8-11H2. The SMILES string of the molecule is N#CC1(c2cccc3ccccc23)CCC(=O)CC1. The van der Waals surface area contributed by atoms with Gasteiger partial charge in [-0.15, -0.1) is 0 Å². The fourth-order valence-electron chi connectivity index (χ4n) is 3.04. The van der Waals surface area contributed by atoms with E-state index in [0.29, 0.717) is 25.7 Å². The predicted molar refractivity (Wildman–Crippen MR) is 74.7 cm³/mol. The van der Waals surface area contributed by atoms with Crippen molar-refractivity contribution in [3.05, 3.63) is 48.0 Å². The van der Waals surface area contributed by atoms with Crippen LogP contribution in [0.1, 0.15) is 31.2 Å². The molecule has 19 heavy (non-hydrogen) atoms. The molecule has 3 rings (SSSR count). The lowest BCUT2D eigenvalue weighted by Gasteiger charge is -2.31. The second-order valence-corrected chi connectivity index (χ2v) is 5.26. The van der Waals surface area contributed by atoms with Gasteiger partial charge in [0.25, 0.3) is 0 Å². The predicted octanol–water partition coefficient (Wildman–Crippen LogP) is 3.74. The van der Waals surface area contributed by atoms with E-state index in [9.17, 15) is 10.1 Å². The van der Waals surface area contributed by atoms with Crippen molar-refractivity contribution in [2.45, 2.75) is 31.1 Å². The fraction of sp³-hybridized carbons (Fsp3) is 0.294. The number of hydrogen-bond acceptors (Lipinski definition) is 2. The third kappa shape index (κ3) is 1.92. The molecule has 0 saturated heterocycles. The first kappa shape index (κ1) is 11.9. The topological polar surface area (TPSA) is 40.9 Å². The summed E-state index contributed by atoms with van der Waals surface area (Å²) >= 11 is 0. The first-order valence-electron chi connectivity index (χ1n) is 6.66. The zero-order valence-corrected chi connectivity index (χ0v) is 10.7.